The lowest BCUT2D eigenvalue weighted by atomic mass is 9.93. The van der Waals surface area contributed by atoms with Gasteiger partial charge in [0.15, 0.2) is 0 Å². The fraction of sp³-hybridized carbons (Fsp3) is 0.345. The maximum atomic E-state index is 13.2. The molecule has 36 heavy (non-hydrogen) atoms. The highest BCUT2D eigenvalue weighted by molar-refractivity contribution is 7.92. The first-order valence-electron chi connectivity index (χ1n) is 12.0. The van der Waals surface area contributed by atoms with Crippen LogP contribution in [0.3, 0.4) is 0 Å². The van der Waals surface area contributed by atoms with Crippen LogP contribution in [0.5, 0.6) is 5.75 Å². The summed E-state index contributed by atoms with van der Waals surface area (Å²) < 4.78 is 34.6. The fourth-order valence-electron chi connectivity index (χ4n) is 4.21. The van der Waals surface area contributed by atoms with E-state index in [2.05, 4.69) is 30.0 Å². The molecule has 0 spiro atoms. The smallest absolute Gasteiger partial charge is 0.262 e. The second-order valence-electron chi connectivity index (χ2n) is 9.69. The van der Waals surface area contributed by atoms with Crippen molar-refractivity contribution in [3.8, 4) is 5.75 Å². The minimum absolute atomic E-state index is 0.0729. The van der Waals surface area contributed by atoms with E-state index in [9.17, 15) is 13.2 Å². The van der Waals surface area contributed by atoms with Crippen LogP contribution in [0.4, 0.5) is 5.69 Å². The molecule has 3 rings (SSSR count). The number of hydrogen-bond acceptors (Lipinski definition) is 4. The van der Waals surface area contributed by atoms with Crippen LogP contribution in [0.25, 0.3) is 0 Å². The molecule has 7 heteroatoms. The van der Waals surface area contributed by atoms with Gasteiger partial charge in [0.1, 0.15) is 5.75 Å². The standard InChI is InChI=1S/C29H36N2O4S/c1-17(2)25-16-26(21(6)14-27(25)35-8)22(7)30-29(32)23-11-9-19(4)28(15-23)36(33,34)31-24-12-10-18(3)20(5)13-24/h9-17,22,31H,1-8H3,(H,30,32). The first-order valence-corrected chi connectivity index (χ1v) is 13.5. The van der Waals surface area contributed by atoms with E-state index in [0.29, 0.717) is 11.3 Å². The van der Waals surface area contributed by atoms with Crippen LogP contribution in [0.2, 0.25) is 0 Å². The summed E-state index contributed by atoms with van der Waals surface area (Å²) in [6.45, 7) is 13.7. The maximum Gasteiger partial charge on any atom is 0.262 e. The van der Waals surface area contributed by atoms with E-state index in [4.69, 9.17) is 4.74 Å². The molecule has 1 unspecified atom stereocenters. The van der Waals surface area contributed by atoms with Gasteiger partial charge < -0.3 is 10.1 Å². The van der Waals surface area contributed by atoms with Gasteiger partial charge in [-0.2, -0.15) is 0 Å². The van der Waals surface area contributed by atoms with E-state index in [-0.39, 0.29) is 28.3 Å². The molecule has 3 aromatic carbocycles. The van der Waals surface area contributed by atoms with Gasteiger partial charge in [-0.1, -0.05) is 26.0 Å². The molecule has 0 saturated heterocycles. The van der Waals surface area contributed by atoms with Crippen LogP contribution >= 0.6 is 0 Å². The molecular weight excluding hydrogens is 472 g/mol. The minimum Gasteiger partial charge on any atom is -0.496 e. The Morgan fingerprint density at radius 1 is 0.806 bits per heavy atom. The lowest BCUT2D eigenvalue weighted by Gasteiger charge is -2.21. The average molecular weight is 509 g/mol. The molecular formula is C29H36N2O4S. The largest absolute Gasteiger partial charge is 0.496 e. The molecule has 1 atom stereocenters. The van der Waals surface area contributed by atoms with Crippen molar-refractivity contribution in [1.82, 2.24) is 5.32 Å². The maximum absolute atomic E-state index is 13.2. The highest BCUT2D eigenvalue weighted by Gasteiger charge is 2.22. The zero-order valence-corrected chi connectivity index (χ0v) is 23.1. The second kappa shape index (κ2) is 10.7. The van der Waals surface area contributed by atoms with E-state index in [1.807, 2.05) is 39.8 Å². The summed E-state index contributed by atoms with van der Waals surface area (Å²) in [5.41, 5.74) is 6.46. The zero-order valence-electron chi connectivity index (χ0n) is 22.3. The van der Waals surface area contributed by atoms with Gasteiger partial charge in [0, 0.05) is 11.3 Å². The van der Waals surface area contributed by atoms with Crippen molar-refractivity contribution in [2.24, 2.45) is 0 Å². The van der Waals surface area contributed by atoms with Gasteiger partial charge in [0.05, 0.1) is 18.0 Å². The number of sulfonamides is 1. The van der Waals surface area contributed by atoms with Crippen LogP contribution in [0, 0.1) is 27.7 Å². The molecule has 0 aliphatic heterocycles. The Bertz CT molecular complexity index is 1390. The van der Waals surface area contributed by atoms with Gasteiger partial charge in [0.2, 0.25) is 0 Å². The third kappa shape index (κ3) is 5.90. The van der Waals surface area contributed by atoms with Crippen molar-refractivity contribution >= 4 is 21.6 Å². The van der Waals surface area contributed by atoms with Gasteiger partial charge in [0.25, 0.3) is 15.9 Å². The normalized spacial score (nSPS) is 12.4. The highest BCUT2D eigenvalue weighted by Crippen LogP contribution is 2.32. The number of amides is 1. The molecule has 0 aromatic heterocycles. The van der Waals surface area contributed by atoms with Gasteiger partial charge in [-0.15, -0.1) is 0 Å². The van der Waals surface area contributed by atoms with Crippen molar-refractivity contribution in [3.05, 3.63) is 87.5 Å². The molecule has 0 fully saturated rings. The number of hydrogen-bond donors (Lipinski definition) is 2. The molecule has 0 bridgehead atoms. The molecule has 1 amide bonds. The highest BCUT2D eigenvalue weighted by atomic mass is 32.2. The number of anilines is 1. The van der Waals surface area contributed by atoms with Crippen molar-refractivity contribution in [2.75, 3.05) is 11.8 Å². The van der Waals surface area contributed by atoms with Gasteiger partial charge in [-0.25, -0.2) is 8.42 Å². The number of carbonyl (C=O) groups excluding carboxylic acids is 1. The number of carbonyl (C=O) groups is 1. The van der Waals surface area contributed by atoms with E-state index < -0.39 is 10.0 Å². The molecule has 2 N–H and O–H groups in total. The summed E-state index contributed by atoms with van der Waals surface area (Å²) in [5, 5.41) is 3.02. The number of benzene rings is 3. The van der Waals surface area contributed by atoms with Crippen molar-refractivity contribution in [1.29, 1.82) is 0 Å². The molecule has 0 aliphatic rings. The van der Waals surface area contributed by atoms with Crippen molar-refractivity contribution in [3.63, 3.8) is 0 Å². The Labute approximate surface area is 215 Å². The van der Waals surface area contributed by atoms with Crippen LogP contribution in [-0.4, -0.2) is 21.4 Å². The molecule has 0 heterocycles. The minimum atomic E-state index is -3.88. The van der Waals surface area contributed by atoms with E-state index in [1.165, 1.54) is 6.07 Å². The lowest BCUT2D eigenvalue weighted by molar-refractivity contribution is 0.0939. The lowest BCUT2D eigenvalue weighted by Crippen LogP contribution is -2.27. The third-order valence-corrected chi connectivity index (χ3v) is 8.08. The monoisotopic (exact) mass is 508 g/mol. The fourth-order valence-corrected chi connectivity index (χ4v) is 5.54. The summed E-state index contributed by atoms with van der Waals surface area (Å²) in [6, 6.07) is 13.9. The van der Waals surface area contributed by atoms with Crippen LogP contribution in [-0.2, 0) is 10.0 Å². The SMILES string of the molecule is COc1cc(C)c(C(C)NC(=O)c2ccc(C)c(S(=O)(=O)Nc3ccc(C)c(C)c3)c2)cc1C(C)C. The van der Waals surface area contributed by atoms with E-state index >= 15 is 0 Å². The molecule has 0 saturated carbocycles. The van der Waals surface area contributed by atoms with Crippen molar-refractivity contribution in [2.45, 2.75) is 65.3 Å². The van der Waals surface area contributed by atoms with Crippen molar-refractivity contribution < 1.29 is 17.9 Å². The number of ether oxygens (including phenoxy) is 1. The summed E-state index contributed by atoms with van der Waals surface area (Å²) >= 11 is 0. The molecule has 3 aromatic rings. The molecule has 0 radical (unpaired) electrons. The number of nitrogens with one attached hydrogen (secondary N) is 2. The Balaban J connectivity index is 1.87. The second-order valence-corrected chi connectivity index (χ2v) is 11.3. The number of rotatable bonds is 8. The topological polar surface area (TPSA) is 84.5 Å². The summed E-state index contributed by atoms with van der Waals surface area (Å²) in [7, 11) is -2.23. The summed E-state index contributed by atoms with van der Waals surface area (Å²) in [4.78, 5) is 13.2. The number of aryl methyl sites for hydroxylation is 4. The van der Waals surface area contributed by atoms with Gasteiger partial charge in [-0.3, -0.25) is 9.52 Å². The zero-order chi connectivity index (χ0) is 26.8. The molecule has 192 valence electrons. The first kappa shape index (κ1) is 27.3. The number of methoxy groups -OCH3 is 1. The van der Waals surface area contributed by atoms with E-state index in [0.717, 1.165) is 33.6 Å². The Morgan fingerprint density at radius 2 is 1.47 bits per heavy atom. The predicted molar refractivity (Wildman–Crippen MR) is 146 cm³/mol. The van der Waals surface area contributed by atoms with Crippen LogP contribution < -0.4 is 14.8 Å². The predicted octanol–water partition coefficient (Wildman–Crippen LogP) is 6.34. The average Bonchev–Trinajstić information content (AvgIpc) is 2.80. The van der Waals surface area contributed by atoms with Gasteiger partial charge >= 0.3 is 0 Å². The molecule has 0 aliphatic carbocycles. The summed E-state index contributed by atoms with van der Waals surface area (Å²) in [6.07, 6.45) is 0. The Hall–Kier alpha value is -3.32. The molecule has 6 nitrogen and oxygen atoms in total. The Kier molecular flexibility index (Phi) is 8.14. The third-order valence-electron chi connectivity index (χ3n) is 6.55. The quantitative estimate of drug-likeness (QED) is 0.372. The Morgan fingerprint density at radius 3 is 2.08 bits per heavy atom. The summed E-state index contributed by atoms with van der Waals surface area (Å²) in [5.74, 6) is 0.748. The van der Waals surface area contributed by atoms with Gasteiger partial charge in [-0.05, 0) is 110 Å². The van der Waals surface area contributed by atoms with Crippen LogP contribution in [0.15, 0.2) is 53.4 Å². The van der Waals surface area contributed by atoms with E-state index in [1.54, 1.807) is 38.3 Å². The van der Waals surface area contributed by atoms with Crippen LogP contribution in [0.1, 0.15) is 76.5 Å². The first-order chi connectivity index (χ1) is 16.8.